The van der Waals surface area contributed by atoms with Gasteiger partial charge in [0.15, 0.2) is 6.23 Å². The second kappa shape index (κ2) is 8.02. The Balaban J connectivity index is 4.89. The van der Waals surface area contributed by atoms with Crippen LogP contribution in [-0.2, 0) is 9.47 Å². The normalized spacial score (nSPS) is 16.1. The van der Waals surface area contributed by atoms with E-state index in [1.54, 1.807) is 18.7 Å². The highest BCUT2D eigenvalue weighted by atomic mass is 16.6. The number of nitrogens with two attached hydrogens (primary N) is 1. The van der Waals surface area contributed by atoms with E-state index in [2.05, 4.69) is 10.6 Å². The van der Waals surface area contributed by atoms with E-state index in [0.29, 0.717) is 6.54 Å². The van der Waals surface area contributed by atoms with Gasteiger partial charge < -0.3 is 20.1 Å². The first-order chi connectivity index (χ1) is 10.6. The third kappa shape index (κ3) is 8.93. The molecule has 0 aromatic carbocycles. The first-order valence-electron chi connectivity index (χ1n) is 8.13. The molecule has 24 heavy (non-hydrogen) atoms. The second-order valence-electron chi connectivity index (χ2n) is 7.98. The lowest BCUT2D eigenvalue weighted by atomic mass is 10.1. The maximum atomic E-state index is 12.0. The Morgan fingerprint density at radius 3 is 1.79 bits per heavy atom. The summed E-state index contributed by atoms with van der Waals surface area (Å²) < 4.78 is 10.6. The summed E-state index contributed by atoms with van der Waals surface area (Å²) in [7, 11) is 0. The van der Waals surface area contributed by atoms with Crippen LogP contribution in [0.4, 0.5) is 9.59 Å². The Kier molecular flexibility index (Phi) is 7.51. The zero-order valence-electron chi connectivity index (χ0n) is 16.4. The van der Waals surface area contributed by atoms with Gasteiger partial charge in [-0.15, -0.1) is 0 Å². The van der Waals surface area contributed by atoms with Crippen molar-refractivity contribution in [2.75, 3.05) is 6.54 Å². The van der Waals surface area contributed by atoms with E-state index in [-0.39, 0.29) is 0 Å². The predicted octanol–water partition coefficient (Wildman–Crippen LogP) is 2.34. The van der Waals surface area contributed by atoms with Gasteiger partial charge in [0.25, 0.3) is 0 Å². The van der Waals surface area contributed by atoms with Crippen molar-refractivity contribution in [2.24, 2.45) is 5.73 Å². The fraction of sp³-hybridized carbons (Fsp3) is 0.875. The molecule has 8 nitrogen and oxygen atoms in total. The van der Waals surface area contributed by atoms with Crippen molar-refractivity contribution in [1.82, 2.24) is 15.5 Å². The molecule has 0 spiro atoms. The van der Waals surface area contributed by atoms with Crippen LogP contribution in [0.5, 0.6) is 0 Å². The highest BCUT2D eigenvalue weighted by Gasteiger charge is 2.36. The molecule has 0 radical (unpaired) electrons. The molecule has 0 rings (SSSR count). The number of hydrogen-bond acceptors (Lipinski definition) is 6. The number of rotatable bonds is 5. The van der Waals surface area contributed by atoms with Crippen molar-refractivity contribution >= 4 is 12.2 Å². The molecule has 0 aromatic heterocycles. The first-order valence-corrected chi connectivity index (χ1v) is 8.13. The van der Waals surface area contributed by atoms with Crippen molar-refractivity contribution in [2.45, 2.75) is 85.5 Å². The smallest absolute Gasteiger partial charge is 0.410 e. The molecular weight excluding hydrogens is 312 g/mol. The van der Waals surface area contributed by atoms with E-state index in [9.17, 15) is 9.59 Å². The standard InChI is InChI=1S/C16H34N4O4/c1-10-20(11(2)23-12(21)18-14(3,4)5)16(9,17)24-13(22)19-15(6,7)8/h11H,10,17H2,1-9H3,(H,18,21)(H,19,22). The number of nitrogens with one attached hydrogen (secondary N) is 2. The van der Waals surface area contributed by atoms with Gasteiger partial charge in [-0.25, -0.2) is 14.5 Å². The molecule has 0 aromatic rings. The topological polar surface area (TPSA) is 106 Å². The van der Waals surface area contributed by atoms with Crippen LogP contribution in [0.25, 0.3) is 0 Å². The maximum Gasteiger partial charge on any atom is 0.410 e. The van der Waals surface area contributed by atoms with Crippen LogP contribution >= 0.6 is 0 Å². The zero-order valence-corrected chi connectivity index (χ0v) is 16.4. The summed E-state index contributed by atoms with van der Waals surface area (Å²) in [5.41, 5.74) is 5.27. The first kappa shape index (κ1) is 22.5. The van der Waals surface area contributed by atoms with E-state index in [1.165, 1.54) is 0 Å². The Morgan fingerprint density at radius 2 is 1.42 bits per heavy atom. The molecule has 8 heteroatoms. The van der Waals surface area contributed by atoms with Gasteiger partial charge >= 0.3 is 12.2 Å². The number of carbonyl (C=O) groups is 2. The number of carbonyl (C=O) groups excluding carboxylic acids is 2. The summed E-state index contributed by atoms with van der Waals surface area (Å²) in [5, 5.41) is 5.38. The van der Waals surface area contributed by atoms with E-state index in [1.807, 2.05) is 48.5 Å². The van der Waals surface area contributed by atoms with Crippen LogP contribution in [0.2, 0.25) is 0 Å². The Morgan fingerprint density at radius 1 is 1.00 bits per heavy atom. The van der Waals surface area contributed by atoms with Gasteiger partial charge in [-0.2, -0.15) is 0 Å². The Bertz CT molecular complexity index is 438. The maximum absolute atomic E-state index is 12.0. The summed E-state index contributed by atoms with van der Waals surface area (Å²) in [6.45, 7) is 16.5. The van der Waals surface area contributed by atoms with Crippen LogP contribution in [0, 0.1) is 0 Å². The summed E-state index contributed by atoms with van der Waals surface area (Å²) in [6.07, 6.45) is -1.89. The van der Waals surface area contributed by atoms with Crippen LogP contribution < -0.4 is 16.4 Å². The van der Waals surface area contributed by atoms with E-state index in [4.69, 9.17) is 15.2 Å². The minimum Gasteiger partial charge on any atom is -0.430 e. The SMILES string of the molecule is CCN(C(C)OC(=O)NC(C)(C)C)C(C)(N)OC(=O)NC(C)(C)C. The molecule has 0 saturated carbocycles. The minimum absolute atomic E-state index is 0.414. The lowest BCUT2D eigenvalue weighted by Gasteiger charge is -2.40. The fourth-order valence-electron chi connectivity index (χ4n) is 2.06. The van der Waals surface area contributed by atoms with Gasteiger partial charge in [0.1, 0.15) is 0 Å². The lowest BCUT2D eigenvalue weighted by molar-refractivity contribution is -0.157. The summed E-state index contributed by atoms with van der Waals surface area (Å²) in [5.74, 6) is -1.44. The Hall–Kier alpha value is -1.54. The van der Waals surface area contributed by atoms with E-state index >= 15 is 0 Å². The highest BCUT2D eigenvalue weighted by molar-refractivity contribution is 5.69. The van der Waals surface area contributed by atoms with Crippen molar-refractivity contribution in [1.29, 1.82) is 0 Å². The number of alkyl carbamates (subject to hydrolysis) is 2. The molecule has 142 valence electrons. The van der Waals surface area contributed by atoms with Crippen molar-refractivity contribution in [3.05, 3.63) is 0 Å². The average Bonchev–Trinajstić information content (AvgIpc) is 2.21. The molecule has 0 fully saturated rings. The zero-order chi connectivity index (χ0) is 19.3. The Labute approximate surface area is 145 Å². The third-order valence-electron chi connectivity index (χ3n) is 2.88. The molecule has 2 unspecified atom stereocenters. The molecule has 2 atom stereocenters. The van der Waals surface area contributed by atoms with Gasteiger partial charge in [-0.05, 0) is 48.5 Å². The third-order valence-corrected chi connectivity index (χ3v) is 2.88. The summed E-state index contributed by atoms with van der Waals surface area (Å²) >= 11 is 0. The average molecular weight is 346 g/mol. The minimum atomic E-state index is -1.44. The molecule has 0 aliphatic rings. The van der Waals surface area contributed by atoms with Gasteiger partial charge in [0.2, 0.25) is 5.85 Å². The molecule has 4 N–H and O–H groups in total. The van der Waals surface area contributed by atoms with Gasteiger partial charge in [-0.1, -0.05) is 6.92 Å². The highest BCUT2D eigenvalue weighted by Crippen LogP contribution is 2.16. The van der Waals surface area contributed by atoms with Crippen LogP contribution in [-0.4, -0.2) is 46.8 Å². The van der Waals surface area contributed by atoms with Gasteiger partial charge in [0.05, 0.1) is 0 Å². The monoisotopic (exact) mass is 346 g/mol. The van der Waals surface area contributed by atoms with Crippen LogP contribution in [0.15, 0.2) is 0 Å². The molecule has 0 aliphatic heterocycles. The van der Waals surface area contributed by atoms with Crippen LogP contribution in [0.3, 0.4) is 0 Å². The van der Waals surface area contributed by atoms with Crippen molar-refractivity contribution in [3.63, 3.8) is 0 Å². The van der Waals surface area contributed by atoms with Crippen LogP contribution in [0.1, 0.15) is 62.3 Å². The van der Waals surface area contributed by atoms with E-state index in [0.717, 1.165) is 0 Å². The largest absolute Gasteiger partial charge is 0.430 e. The van der Waals surface area contributed by atoms with Gasteiger partial charge in [0, 0.05) is 24.5 Å². The molecule has 0 bridgehead atoms. The number of amides is 2. The second-order valence-corrected chi connectivity index (χ2v) is 7.98. The molecule has 0 aliphatic carbocycles. The lowest BCUT2D eigenvalue weighted by Crippen LogP contribution is -2.62. The fourth-order valence-corrected chi connectivity index (χ4v) is 2.06. The molecule has 0 heterocycles. The molecular formula is C16H34N4O4. The summed E-state index contributed by atoms with van der Waals surface area (Å²) in [6, 6.07) is 0. The van der Waals surface area contributed by atoms with Crippen molar-refractivity contribution < 1.29 is 19.1 Å². The van der Waals surface area contributed by atoms with Crippen molar-refractivity contribution in [3.8, 4) is 0 Å². The molecule has 2 amide bonds. The van der Waals surface area contributed by atoms with Gasteiger partial charge in [-0.3, -0.25) is 5.73 Å². The summed E-state index contributed by atoms with van der Waals surface area (Å²) in [4.78, 5) is 25.4. The number of nitrogens with zero attached hydrogens (tertiary/aromatic N) is 1. The predicted molar refractivity (Wildman–Crippen MR) is 93.2 cm³/mol. The molecule has 0 saturated heterocycles. The quantitative estimate of drug-likeness (QED) is 0.660. The number of ether oxygens (including phenoxy) is 2. The van der Waals surface area contributed by atoms with E-state index < -0.39 is 35.3 Å². The number of hydrogen-bond donors (Lipinski definition) is 3.